The number of benzene rings is 2. The second-order valence-electron chi connectivity index (χ2n) is 8.50. The summed E-state index contributed by atoms with van der Waals surface area (Å²) in [6.07, 6.45) is -2.96. The number of anilines is 3. The second kappa shape index (κ2) is 10.7. The van der Waals surface area contributed by atoms with E-state index in [1.807, 2.05) is 0 Å². The van der Waals surface area contributed by atoms with Gasteiger partial charge in [0.2, 0.25) is 5.91 Å². The van der Waals surface area contributed by atoms with E-state index < -0.39 is 29.1 Å². The Hall–Kier alpha value is -3.83. The Kier molecular flexibility index (Phi) is 7.55. The van der Waals surface area contributed by atoms with Crippen LogP contribution in [0.5, 0.6) is 0 Å². The van der Waals surface area contributed by atoms with Crippen molar-refractivity contribution in [1.82, 2.24) is 15.6 Å². The van der Waals surface area contributed by atoms with Crippen molar-refractivity contribution in [3.63, 3.8) is 0 Å². The zero-order valence-electron chi connectivity index (χ0n) is 19.4. The number of rotatable bonds is 7. The summed E-state index contributed by atoms with van der Waals surface area (Å²) in [6, 6.07) is 13.0. The van der Waals surface area contributed by atoms with Gasteiger partial charge in [-0.3, -0.25) is 9.59 Å². The van der Waals surface area contributed by atoms with Crippen LogP contribution in [0.25, 0.3) is 0 Å². The summed E-state index contributed by atoms with van der Waals surface area (Å²) in [7, 11) is 0. The van der Waals surface area contributed by atoms with E-state index in [1.54, 1.807) is 24.3 Å². The van der Waals surface area contributed by atoms with Crippen molar-refractivity contribution in [2.24, 2.45) is 0 Å². The summed E-state index contributed by atoms with van der Waals surface area (Å²) in [4.78, 5) is 29.6. The molecule has 1 fully saturated rings. The van der Waals surface area contributed by atoms with Crippen LogP contribution in [0.2, 0.25) is 5.02 Å². The molecule has 0 bridgehead atoms. The third-order valence-electron chi connectivity index (χ3n) is 5.83. The number of aromatic nitrogens is 1. The molecule has 4 rings (SSSR count). The fraction of sp³-hybridized carbons (Fsp3) is 0.240. The highest BCUT2D eigenvalue weighted by molar-refractivity contribution is 6.30. The lowest BCUT2D eigenvalue weighted by molar-refractivity contribution is -0.137. The number of ether oxygens (including phenoxy) is 1. The second-order valence-corrected chi connectivity index (χ2v) is 8.94. The topological polar surface area (TPSA) is 118 Å². The van der Waals surface area contributed by atoms with Gasteiger partial charge in [-0.1, -0.05) is 23.7 Å². The van der Waals surface area contributed by atoms with Gasteiger partial charge in [-0.15, -0.1) is 0 Å². The number of pyridine rings is 1. The number of nitrogens with two attached hydrogens (primary N) is 1. The first-order valence-electron chi connectivity index (χ1n) is 11.2. The average Bonchev–Trinajstić information content (AvgIpc) is 3.34. The molecule has 194 valence electrons. The van der Waals surface area contributed by atoms with Crippen molar-refractivity contribution in [2.45, 2.75) is 24.7 Å². The van der Waals surface area contributed by atoms with Gasteiger partial charge in [0.25, 0.3) is 5.91 Å². The number of nitrogen functional groups attached to an aromatic ring is 1. The Morgan fingerprint density at radius 3 is 2.49 bits per heavy atom. The molecule has 1 atom stereocenters. The number of carbonyl (C=O) groups excluding carboxylic acids is 2. The molecule has 1 aromatic heterocycles. The van der Waals surface area contributed by atoms with Crippen molar-refractivity contribution >= 4 is 40.6 Å². The van der Waals surface area contributed by atoms with Gasteiger partial charge >= 0.3 is 6.18 Å². The quantitative estimate of drug-likeness (QED) is 0.360. The Bertz CT molecular complexity index is 1280. The van der Waals surface area contributed by atoms with Gasteiger partial charge in [-0.05, 0) is 48.0 Å². The van der Waals surface area contributed by atoms with Crippen molar-refractivity contribution in [1.29, 1.82) is 0 Å². The fourth-order valence-electron chi connectivity index (χ4n) is 3.80. The molecular weight excluding hydrogens is 511 g/mol. The molecular formula is C25H23ClF3N5O3. The van der Waals surface area contributed by atoms with Crippen LogP contribution in [0.1, 0.15) is 27.9 Å². The van der Waals surface area contributed by atoms with E-state index >= 15 is 0 Å². The van der Waals surface area contributed by atoms with Gasteiger partial charge in [-0.25, -0.2) is 4.98 Å². The van der Waals surface area contributed by atoms with Crippen molar-refractivity contribution in [3.05, 3.63) is 82.5 Å². The third kappa shape index (κ3) is 6.30. The SMILES string of the molecule is Nc1ccc(C(=O)N[C@@]2(C(=O)NCc3ccc(Nc4ccc(Cl)cc4C(F)(F)F)cc3)CCOC2)cn1. The number of hydrogen-bond acceptors (Lipinski definition) is 6. The molecule has 0 spiro atoms. The van der Waals surface area contributed by atoms with Crippen LogP contribution in [-0.2, 0) is 22.3 Å². The summed E-state index contributed by atoms with van der Waals surface area (Å²) in [5.74, 6) is -0.632. The van der Waals surface area contributed by atoms with E-state index in [4.69, 9.17) is 22.1 Å². The van der Waals surface area contributed by atoms with Crippen LogP contribution in [-0.4, -0.2) is 35.6 Å². The minimum absolute atomic E-state index is 0.0124. The first kappa shape index (κ1) is 26.2. The predicted molar refractivity (Wildman–Crippen MR) is 132 cm³/mol. The molecule has 12 heteroatoms. The molecule has 0 radical (unpaired) electrons. The number of hydrogen-bond donors (Lipinski definition) is 4. The van der Waals surface area contributed by atoms with E-state index in [9.17, 15) is 22.8 Å². The maximum Gasteiger partial charge on any atom is 0.418 e. The summed E-state index contributed by atoms with van der Waals surface area (Å²) < 4.78 is 45.4. The maximum absolute atomic E-state index is 13.3. The van der Waals surface area contributed by atoms with E-state index in [1.165, 1.54) is 30.5 Å². The van der Waals surface area contributed by atoms with Gasteiger partial charge < -0.3 is 26.4 Å². The maximum atomic E-state index is 13.3. The van der Waals surface area contributed by atoms with Gasteiger partial charge in [0.15, 0.2) is 0 Å². The smallest absolute Gasteiger partial charge is 0.384 e. The number of nitrogens with zero attached hydrogens (tertiary/aromatic N) is 1. The molecule has 2 amide bonds. The molecule has 0 aliphatic carbocycles. The van der Waals surface area contributed by atoms with Crippen molar-refractivity contribution in [3.8, 4) is 0 Å². The van der Waals surface area contributed by atoms with Gasteiger partial charge in [-0.2, -0.15) is 13.2 Å². The minimum atomic E-state index is -4.57. The van der Waals surface area contributed by atoms with Gasteiger partial charge in [0.05, 0.1) is 23.4 Å². The number of nitrogens with one attached hydrogen (secondary N) is 3. The fourth-order valence-corrected chi connectivity index (χ4v) is 3.97. The Morgan fingerprint density at radius 1 is 1.11 bits per heavy atom. The first-order chi connectivity index (χ1) is 17.6. The Balaban J connectivity index is 1.39. The number of alkyl halides is 3. The van der Waals surface area contributed by atoms with Crippen LogP contribution >= 0.6 is 11.6 Å². The molecule has 5 N–H and O–H groups in total. The highest BCUT2D eigenvalue weighted by Gasteiger charge is 2.43. The largest absolute Gasteiger partial charge is 0.418 e. The normalized spacial score (nSPS) is 17.3. The lowest BCUT2D eigenvalue weighted by Gasteiger charge is -2.27. The zero-order chi connectivity index (χ0) is 26.6. The van der Waals surface area contributed by atoms with Gasteiger partial charge in [0, 0.05) is 36.5 Å². The van der Waals surface area contributed by atoms with Crippen LogP contribution in [0, 0.1) is 0 Å². The van der Waals surface area contributed by atoms with Crippen molar-refractivity contribution in [2.75, 3.05) is 24.3 Å². The summed E-state index contributed by atoms with van der Waals surface area (Å²) in [5, 5.41) is 8.28. The minimum Gasteiger partial charge on any atom is -0.384 e. The van der Waals surface area contributed by atoms with E-state index in [2.05, 4.69) is 20.9 Å². The van der Waals surface area contributed by atoms with Crippen LogP contribution in [0.15, 0.2) is 60.8 Å². The highest BCUT2D eigenvalue weighted by Crippen LogP contribution is 2.37. The molecule has 0 saturated carbocycles. The lowest BCUT2D eigenvalue weighted by Crippen LogP contribution is -2.59. The van der Waals surface area contributed by atoms with Gasteiger partial charge in [0.1, 0.15) is 11.4 Å². The molecule has 2 aromatic carbocycles. The highest BCUT2D eigenvalue weighted by atomic mass is 35.5. The number of carbonyl (C=O) groups is 2. The van der Waals surface area contributed by atoms with Crippen LogP contribution < -0.4 is 21.7 Å². The zero-order valence-corrected chi connectivity index (χ0v) is 20.1. The molecule has 37 heavy (non-hydrogen) atoms. The third-order valence-corrected chi connectivity index (χ3v) is 6.07. The Morgan fingerprint density at radius 2 is 1.86 bits per heavy atom. The number of halogens is 4. The molecule has 2 heterocycles. The molecule has 1 aliphatic heterocycles. The standard InChI is InChI=1S/C25H23ClF3N5O3/c26-17-4-7-20(19(11-17)25(27,28)29)33-18-5-1-15(2-6-18)12-32-23(36)24(9-10-37-14-24)34-22(35)16-3-8-21(30)31-13-16/h1-8,11,13,33H,9-10,12,14H2,(H2,30,31)(H,32,36)(H,34,35)/t24-/m0/s1. The summed E-state index contributed by atoms with van der Waals surface area (Å²) >= 11 is 5.73. The lowest BCUT2D eigenvalue weighted by atomic mass is 9.96. The molecule has 1 aliphatic rings. The molecule has 8 nitrogen and oxygen atoms in total. The first-order valence-corrected chi connectivity index (χ1v) is 11.6. The van der Waals surface area contributed by atoms with Crippen molar-refractivity contribution < 1.29 is 27.5 Å². The number of amides is 2. The van der Waals surface area contributed by atoms with E-state index in [-0.39, 0.29) is 35.2 Å². The average molecular weight is 534 g/mol. The van der Waals surface area contributed by atoms with Crippen LogP contribution in [0.4, 0.5) is 30.4 Å². The van der Waals surface area contributed by atoms with E-state index in [0.717, 1.165) is 6.07 Å². The molecule has 1 saturated heterocycles. The molecule has 0 unspecified atom stereocenters. The Labute approximate surface area is 215 Å². The molecule has 3 aromatic rings. The predicted octanol–water partition coefficient (Wildman–Crippen LogP) is 4.28. The summed E-state index contributed by atoms with van der Waals surface area (Å²) in [6.45, 7) is 0.450. The van der Waals surface area contributed by atoms with Crippen LogP contribution in [0.3, 0.4) is 0 Å². The summed E-state index contributed by atoms with van der Waals surface area (Å²) in [5.41, 5.74) is 4.68. The monoisotopic (exact) mass is 533 g/mol. The van der Waals surface area contributed by atoms with E-state index in [0.29, 0.717) is 24.3 Å².